The van der Waals surface area contributed by atoms with E-state index >= 15 is 0 Å². The second-order valence-corrected chi connectivity index (χ2v) is 5.95. The molecule has 0 saturated heterocycles. The molecule has 1 nitrogen and oxygen atoms in total. The van der Waals surface area contributed by atoms with Gasteiger partial charge in [0.2, 0.25) is 0 Å². The first-order valence-corrected chi connectivity index (χ1v) is 9.28. The first-order chi connectivity index (χ1) is 9.85. The van der Waals surface area contributed by atoms with E-state index in [4.69, 9.17) is 0 Å². The molecule has 1 heteroatoms. The number of rotatable bonds is 15. The van der Waals surface area contributed by atoms with Crippen LogP contribution < -0.4 is 5.32 Å². The van der Waals surface area contributed by atoms with Gasteiger partial charge < -0.3 is 5.32 Å². The highest BCUT2D eigenvalue weighted by atomic mass is 14.9. The summed E-state index contributed by atoms with van der Waals surface area (Å²) in [5.74, 6) is 0. The van der Waals surface area contributed by atoms with Crippen molar-refractivity contribution in [3.63, 3.8) is 0 Å². The highest BCUT2D eigenvalue weighted by Gasteiger charge is 1.94. The van der Waals surface area contributed by atoms with Crippen molar-refractivity contribution in [1.29, 1.82) is 0 Å². The molecule has 0 amide bonds. The Kier molecular flexibility index (Phi) is 16.2. The molecule has 0 aliphatic carbocycles. The lowest BCUT2D eigenvalue weighted by Crippen LogP contribution is -2.14. The summed E-state index contributed by atoms with van der Waals surface area (Å²) in [5, 5.41) is 3.56. The minimum atomic E-state index is 1.14. The molecule has 0 aromatic heterocycles. The smallest absolute Gasteiger partial charge is 0.0143 e. The van der Waals surface area contributed by atoms with E-state index < -0.39 is 0 Å². The van der Waals surface area contributed by atoms with E-state index in [0.717, 1.165) is 19.4 Å². The topological polar surface area (TPSA) is 12.0 Å². The molecule has 0 saturated carbocycles. The lowest BCUT2D eigenvalue weighted by molar-refractivity contribution is 0.545. The van der Waals surface area contributed by atoms with Crippen molar-refractivity contribution in [3.8, 4) is 0 Å². The molecule has 0 spiro atoms. The monoisotopic (exact) mass is 281 g/mol. The number of unbranched alkanes of at least 4 members (excludes halogenated alkanes) is 10. The number of allylic oxidation sites excluding steroid dienone is 2. The van der Waals surface area contributed by atoms with Crippen molar-refractivity contribution < 1.29 is 0 Å². The SMILES string of the molecule is CCC=C(CC)NCCCCCCCCCCCCC. The zero-order valence-electron chi connectivity index (χ0n) is 14.5. The van der Waals surface area contributed by atoms with Gasteiger partial charge in [0, 0.05) is 12.2 Å². The zero-order valence-corrected chi connectivity index (χ0v) is 14.5. The quantitative estimate of drug-likeness (QED) is 0.334. The zero-order chi connectivity index (χ0) is 14.9. The van der Waals surface area contributed by atoms with Crippen LogP contribution in [0.3, 0.4) is 0 Å². The predicted octanol–water partition coefficient (Wildman–Crippen LogP) is 6.59. The Morgan fingerprint density at radius 2 is 1.20 bits per heavy atom. The first-order valence-electron chi connectivity index (χ1n) is 9.28. The Labute approximate surface area is 128 Å². The van der Waals surface area contributed by atoms with Crippen LogP contribution in [0.25, 0.3) is 0 Å². The van der Waals surface area contributed by atoms with Gasteiger partial charge in [0.25, 0.3) is 0 Å². The molecule has 0 aliphatic heterocycles. The van der Waals surface area contributed by atoms with Gasteiger partial charge in [0.15, 0.2) is 0 Å². The molecule has 0 fully saturated rings. The number of hydrogen-bond acceptors (Lipinski definition) is 1. The third-order valence-electron chi connectivity index (χ3n) is 3.96. The summed E-state index contributed by atoms with van der Waals surface area (Å²) >= 11 is 0. The Bertz CT molecular complexity index is 208. The van der Waals surface area contributed by atoms with Crippen LogP contribution in [-0.4, -0.2) is 6.54 Å². The fourth-order valence-corrected chi connectivity index (χ4v) is 2.63. The second-order valence-electron chi connectivity index (χ2n) is 5.95. The highest BCUT2D eigenvalue weighted by molar-refractivity contribution is 4.97. The molecule has 0 aromatic rings. The maximum atomic E-state index is 3.56. The number of hydrogen-bond donors (Lipinski definition) is 1. The van der Waals surface area contributed by atoms with E-state index in [1.54, 1.807) is 0 Å². The fraction of sp³-hybridized carbons (Fsp3) is 0.895. The summed E-state index contributed by atoms with van der Waals surface area (Å²) in [6, 6.07) is 0. The Morgan fingerprint density at radius 3 is 1.65 bits per heavy atom. The van der Waals surface area contributed by atoms with Gasteiger partial charge in [-0.1, -0.05) is 91.1 Å². The average Bonchev–Trinajstić information content (AvgIpc) is 2.47. The molecule has 0 aromatic carbocycles. The van der Waals surface area contributed by atoms with Gasteiger partial charge in [-0.05, 0) is 19.3 Å². The average molecular weight is 282 g/mol. The molecular weight excluding hydrogens is 242 g/mol. The van der Waals surface area contributed by atoms with Gasteiger partial charge in [-0.2, -0.15) is 0 Å². The maximum Gasteiger partial charge on any atom is 0.0143 e. The van der Waals surface area contributed by atoms with Crippen LogP contribution in [0.15, 0.2) is 11.8 Å². The van der Waals surface area contributed by atoms with Gasteiger partial charge in [-0.3, -0.25) is 0 Å². The first kappa shape index (κ1) is 19.5. The van der Waals surface area contributed by atoms with Gasteiger partial charge in [0.05, 0.1) is 0 Å². The molecule has 0 unspecified atom stereocenters. The van der Waals surface area contributed by atoms with Crippen molar-refractivity contribution in [2.75, 3.05) is 6.54 Å². The van der Waals surface area contributed by atoms with Crippen molar-refractivity contribution >= 4 is 0 Å². The van der Waals surface area contributed by atoms with E-state index in [0.29, 0.717) is 0 Å². The molecular formula is C19H39N. The molecule has 0 aliphatic rings. The lowest BCUT2D eigenvalue weighted by atomic mass is 10.1. The van der Waals surface area contributed by atoms with E-state index in [2.05, 4.69) is 32.2 Å². The van der Waals surface area contributed by atoms with Gasteiger partial charge >= 0.3 is 0 Å². The molecule has 0 bridgehead atoms. The summed E-state index contributed by atoms with van der Waals surface area (Å²) in [6.07, 6.45) is 20.3. The molecule has 0 atom stereocenters. The van der Waals surface area contributed by atoms with Crippen LogP contribution >= 0.6 is 0 Å². The van der Waals surface area contributed by atoms with E-state index in [-0.39, 0.29) is 0 Å². The minimum absolute atomic E-state index is 1.14. The lowest BCUT2D eigenvalue weighted by Gasteiger charge is -2.08. The largest absolute Gasteiger partial charge is 0.389 e. The summed E-state index contributed by atoms with van der Waals surface area (Å²) in [6.45, 7) is 7.89. The van der Waals surface area contributed by atoms with Gasteiger partial charge in [-0.15, -0.1) is 0 Å². The van der Waals surface area contributed by atoms with Crippen LogP contribution in [0.4, 0.5) is 0 Å². The van der Waals surface area contributed by atoms with Crippen LogP contribution in [0.5, 0.6) is 0 Å². The maximum absolute atomic E-state index is 3.56. The third kappa shape index (κ3) is 14.0. The molecule has 0 heterocycles. The van der Waals surface area contributed by atoms with Gasteiger partial charge in [-0.25, -0.2) is 0 Å². The fourth-order valence-electron chi connectivity index (χ4n) is 2.63. The normalized spacial score (nSPS) is 11.8. The van der Waals surface area contributed by atoms with E-state index in [9.17, 15) is 0 Å². The van der Waals surface area contributed by atoms with Crippen molar-refractivity contribution in [3.05, 3.63) is 11.8 Å². The van der Waals surface area contributed by atoms with E-state index in [1.807, 2.05) is 0 Å². The standard InChI is InChI=1S/C19H39N/c1-4-7-8-9-10-11-12-13-14-15-16-18-20-19(6-3)17-5-2/h17,20H,4-16,18H2,1-3H3. The molecule has 0 radical (unpaired) electrons. The molecule has 0 rings (SSSR count). The second kappa shape index (κ2) is 16.6. The van der Waals surface area contributed by atoms with Crippen LogP contribution in [-0.2, 0) is 0 Å². The predicted molar refractivity (Wildman–Crippen MR) is 93.1 cm³/mol. The molecule has 20 heavy (non-hydrogen) atoms. The Balaban J connectivity index is 3.15. The highest BCUT2D eigenvalue weighted by Crippen LogP contribution is 2.11. The minimum Gasteiger partial charge on any atom is -0.389 e. The summed E-state index contributed by atoms with van der Waals surface area (Å²) in [5.41, 5.74) is 1.43. The van der Waals surface area contributed by atoms with Crippen molar-refractivity contribution in [2.24, 2.45) is 0 Å². The summed E-state index contributed by atoms with van der Waals surface area (Å²) in [7, 11) is 0. The summed E-state index contributed by atoms with van der Waals surface area (Å²) < 4.78 is 0. The Hall–Kier alpha value is -0.460. The molecule has 1 N–H and O–H groups in total. The Morgan fingerprint density at radius 1 is 0.700 bits per heavy atom. The summed E-state index contributed by atoms with van der Waals surface area (Å²) in [4.78, 5) is 0. The molecule has 120 valence electrons. The van der Waals surface area contributed by atoms with Crippen LogP contribution in [0, 0.1) is 0 Å². The third-order valence-corrected chi connectivity index (χ3v) is 3.96. The van der Waals surface area contributed by atoms with Crippen molar-refractivity contribution in [1.82, 2.24) is 5.32 Å². The van der Waals surface area contributed by atoms with Crippen molar-refractivity contribution in [2.45, 2.75) is 104 Å². The van der Waals surface area contributed by atoms with Crippen LogP contribution in [0.2, 0.25) is 0 Å². The number of nitrogens with one attached hydrogen (secondary N) is 1. The van der Waals surface area contributed by atoms with Crippen LogP contribution in [0.1, 0.15) is 104 Å². The van der Waals surface area contributed by atoms with Gasteiger partial charge in [0.1, 0.15) is 0 Å². The van der Waals surface area contributed by atoms with E-state index in [1.165, 1.54) is 76.3 Å².